The largest absolute Gasteiger partial charge is 0.453 e. The molecule has 0 spiro atoms. The van der Waals surface area contributed by atoms with Crippen LogP contribution in [0.3, 0.4) is 0 Å². The molecule has 3 heterocycles. The monoisotopic (exact) mass is 522 g/mol. The fourth-order valence-electron chi connectivity index (χ4n) is 4.81. The number of aliphatic hydroxyl groups excluding tert-OH is 1. The molecule has 0 saturated carbocycles. The Morgan fingerprint density at radius 1 is 0.931 bits per heavy atom. The molecule has 1 N–H and O–H groups in total. The first-order valence-electron chi connectivity index (χ1n) is 10.1. The normalized spacial score (nSPS) is 24.4. The number of rotatable bonds is 4. The fourth-order valence-corrected chi connectivity index (χ4v) is 5.49. The number of likely N-dealkylation sites (tertiary alicyclic amines) is 1. The zero-order valence-electron chi connectivity index (χ0n) is 16.1. The van der Waals surface area contributed by atoms with Crippen molar-refractivity contribution in [2.45, 2.75) is 12.5 Å². The van der Waals surface area contributed by atoms with Crippen LogP contribution in [-0.2, 0) is 4.74 Å². The number of ether oxygens (including phenoxy) is 2. The highest BCUT2D eigenvalue weighted by Crippen LogP contribution is 2.48. The van der Waals surface area contributed by atoms with E-state index in [9.17, 15) is 5.11 Å². The van der Waals surface area contributed by atoms with Crippen molar-refractivity contribution in [3.05, 3.63) is 45.3 Å². The second-order valence-corrected chi connectivity index (χ2v) is 10.1. The molecule has 3 aliphatic heterocycles. The summed E-state index contributed by atoms with van der Waals surface area (Å²) in [6, 6.07) is 12.1. The van der Waals surface area contributed by atoms with Gasteiger partial charge < -0.3 is 19.5 Å². The lowest BCUT2D eigenvalue weighted by Gasteiger charge is -2.42. The van der Waals surface area contributed by atoms with Crippen LogP contribution in [0, 0.1) is 11.8 Å². The van der Waals surface area contributed by atoms with Gasteiger partial charge in [-0.05, 0) is 54.7 Å². The Labute approximate surface area is 187 Å². The first kappa shape index (κ1) is 19.8. The molecule has 2 aromatic rings. The summed E-state index contributed by atoms with van der Waals surface area (Å²) in [5.41, 5.74) is 1.96. The third-order valence-electron chi connectivity index (χ3n) is 5.91. The lowest BCUT2D eigenvalue weighted by molar-refractivity contribution is -0.0484. The number of hydrogen-bond donors (Lipinski definition) is 1. The summed E-state index contributed by atoms with van der Waals surface area (Å²) < 4.78 is 13.8. The fraction of sp³-hybridized carbons (Fsp3) is 0.455. The van der Waals surface area contributed by atoms with E-state index in [0.29, 0.717) is 24.9 Å². The minimum atomic E-state index is -0.458. The molecule has 0 amide bonds. The standard InChI is InChI=1S/C22H24Br2N2O3/c23-16-1-3-19-21(6-16)29-22-7-17(24)2-4-20(22)26(19)11-18(27)10-25-8-14-5-15(9-25)13-28-12-14/h1-4,6-7,14-15,18,27H,5,8-13H2. The van der Waals surface area contributed by atoms with Gasteiger partial charge in [0.05, 0.1) is 37.2 Å². The molecule has 7 heteroatoms. The van der Waals surface area contributed by atoms with Gasteiger partial charge in [0, 0.05) is 28.6 Å². The Hall–Kier alpha value is -1.12. The molecule has 0 radical (unpaired) electrons. The maximum Gasteiger partial charge on any atom is 0.152 e. The minimum Gasteiger partial charge on any atom is -0.453 e. The van der Waals surface area contributed by atoms with Gasteiger partial charge in [-0.15, -0.1) is 0 Å². The second-order valence-electron chi connectivity index (χ2n) is 8.31. The molecular formula is C22H24Br2N2O3. The zero-order chi connectivity index (χ0) is 20.0. The SMILES string of the molecule is OC(CN1CC2COCC(C2)C1)CN1c2ccc(Br)cc2Oc2cc(Br)ccc21. The maximum atomic E-state index is 11.0. The first-order valence-corrected chi connectivity index (χ1v) is 11.7. The molecule has 0 aliphatic carbocycles. The molecule has 29 heavy (non-hydrogen) atoms. The quantitative estimate of drug-likeness (QED) is 0.624. The molecule has 3 atom stereocenters. The Morgan fingerprint density at radius 3 is 2.10 bits per heavy atom. The summed E-state index contributed by atoms with van der Waals surface area (Å²) in [5.74, 6) is 2.80. The zero-order valence-corrected chi connectivity index (χ0v) is 19.2. The number of anilines is 2. The van der Waals surface area contributed by atoms with Crippen LogP contribution in [0.4, 0.5) is 11.4 Å². The van der Waals surface area contributed by atoms with Gasteiger partial charge in [-0.3, -0.25) is 4.90 Å². The molecule has 3 unspecified atom stereocenters. The van der Waals surface area contributed by atoms with Gasteiger partial charge in [-0.2, -0.15) is 0 Å². The number of piperidine rings is 1. The second kappa shape index (κ2) is 8.19. The average molecular weight is 524 g/mol. The molecule has 154 valence electrons. The number of nitrogens with zero attached hydrogens (tertiary/aromatic N) is 2. The molecular weight excluding hydrogens is 500 g/mol. The van der Waals surface area contributed by atoms with E-state index < -0.39 is 6.10 Å². The third kappa shape index (κ3) is 4.21. The van der Waals surface area contributed by atoms with Gasteiger partial charge in [0.15, 0.2) is 11.5 Å². The van der Waals surface area contributed by atoms with Crippen molar-refractivity contribution in [2.75, 3.05) is 44.3 Å². The van der Waals surface area contributed by atoms with E-state index in [4.69, 9.17) is 9.47 Å². The van der Waals surface area contributed by atoms with Crippen LogP contribution in [0.1, 0.15) is 6.42 Å². The first-order chi connectivity index (χ1) is 14.0. The van der Waals surface area contributed by atoms with Gasteiger partial charge in [0.1, 0.15) is 0 Å². The van der Waals surface area contributed by atoms with Crippen LogP contribution in [0.25, 0.3) is 0 Å². The van der Waals surface area contributed by atoms with E-state index in [-0.39, 0.29) is 0 Å². The number of aliphatic hydroxyl groups is 1. The summed E-state index contributed by atoms with van der Waals surface area (Å²) in [4.78, 5) is 4.59. The topological polar surface area (TPSA) is 45.2 Å². The van der Waals surface area contributed by atoms with Gasteiger partial charge in [-0.1, -0.05) is 31.9 Å². The van der Waals surface area contributed by atoms with Crippen LogP contribution >= 0.6 is 31.9 Å². The molecule has 2 saturated heterocycles. The van der Waals surface area contributed by atoms with Gasteiger partial charge in [0.2, 0.25) is 0 Å². The Morgan fingerprint density at radius 2 is 1.52 bits per heavy atom. The van der Waals surface area contributed by atoms with Gasteiger partial charge >= 0.3 is 0 Å². The molecule has 2 bridgehead atoms. The van der Waals surface area contributed by atoms with E-state index in [1.54, 1.807) is 0 Å². The van der Waals surface area contributed by atoms with Crippen LogP contribution in [-0.4, -0.2) is 55.5 Å². The smallest absolute Gasteiger partial charge is 0.152 e. The van der Waals surface area contributed by atoms with Gasteiger partial charge in [0.25, 0.3) is 0 Å². The van der Waals surface area contributed by atoms with Crippen LogP contribution in [0.5, 0.6) is 11.5 Å². The summed E-state index contributed by atoms with van der Waals surface area (Å²) >= 11 is 7.06. The van der Waals surface area contributed by atoms with Crippen LogP contribution < -0.4 is 9.64 Å². The summed E-state index contributed by atoms with van der Waals surface area (Å²) in [6.07, 6.45) is 0.807. The summed E-state index contributed by atoms with van der Waals surface area (Å²) in [6.45, 7) is 4.96. The number of β-amino-alcohol motifs (C(OH)–C–C–N with tert-alkyl or cyclic N) is 1. The lowest BCUT2D eigenvalue weighted by Crippen LogP contribution is -2.50. The molecule has 2 fully saturated rings. The summed E-state index contributed by atoms with van der Waals surface area (Å²) in [7, 11) is 0. The van der Waals surface area contributed by atoms with Crippen molar-refractivity contribution in [3.8, 4) is 11.5 Å². The average Bonchev–Trinajstić information content (AvgIpc) is 2.67. The highest BCUT2D eigenvalue weighted by atomic mass is 79.9. The molecule has 0 aromatic heterocycles. The van der Waals surface area contributed by atoms with Crippen molar-refractivity contribution in [1.82, 2.24) is 4.90 Å². The van der Waals surface area contributed by atoms with E-state index in [2.05, 4.69) is 41.7 Å². The Kier molecular flexibility index (Phi) is 5.60. The number of benzene rings is 2. The van der Waals surface area contributed by atoms with Crippen LogP contribution in [0.15, 0.2) is 45.3 Å². The van der Waals surface area contributed by atoms with Crippen molar-refractivity contribution < 1.29 is 14.6 Å². The maximum absolute atomic E-state index is 11.0. The minimum absolute atomic E-state index is 0.458. The van der Waals surface area contributed by atoms with E-state index >= 15 is 0 Å². The van der Waals surface area contributed by atoms with Crippen molar-refractivity contribution in [2.24, 2.45) is 11.8 Å². The molecule has 5 nitrogen and oxygen atoms in total. The van der Waals surface area contributed by atoms with Crippen molar-refractivity contribution >= 4 is 43.2 Å². The van der Waals surface area contributed by atoms with E-state index in [0.717, 1.165) is 58.1 Å². The Balaban J connectivity index is 1.36. The van der Waals surface area contributed by atoms with Crippen LogP contribution in [0.2, 0.25) is 0 Å². The third-order valence-corrected chi connectivity index (χ3v) is 6.90. The number of hydrogen-bond acceptors (Lipinski definition) is 5. The Bertz CT molecular complexity index is 846. The van der Waals surface area contributed by atoms with E-state index in [1.807, 2.05) is 36.4 Å². The summed E-state index contributed by atoms with van der Waals surface area (Å²) in [5, 5.41) is 11.0. The molecule has 3 aliphatic rings. The predicted octanol–water partition coefficient (Wildman–Crippen LogP) is 4.78. The predicted molar refractivity (Wildman–Crippen MR) is 120 cm³/mol. The molecule has 2 aromatic carbocycles. The van der Waals surface area contributed by atoms with E-state index in [1.165, 1.54) is 6.42 Å². The highest BCUT2D eigenvalue weighted by Gasteiger charge is 2.33. The van der Waals surface area contributed by atoms with Crippen molar-refractivity contribution in [3.63, 3.8) is 0 Å². The number of halogens is 2. The highest BCUT2D eigenvalue weighted by molar-refractivity contribution is 9.10. The number of fused-ring (bicyclic) bond motifs is 4. The lowest BCUT2D eigenvalue weighted by atomic mass is 9.88. The van der Waals surface area contributed by atoms with Crippen molar-refractivity contribution in [1.29, 1.82) is 0 Å². The molecule has 5 rings (SSSR count). The van der Waals surface area contributed by atoms with Gasteiger partial charge in [-0.25, -0.2) is 0 Å².